The SMILES string of the molecule is C#CC(C)(C)NC(=O)C1CC2CCCCC2N1. The van der Waals surface area contributed by atoms with Crippen molar-refractivity contribution in [3.05, 3.63) is 0 Å². The molecule has 1 aliphatic carbocycles. The second kappa shape index (κ2) is 4.70. The minimum Gasteiger partial charge on any atom is -0.339 e. The van der Waals surface area contributed by atoms with Crippen molar-refractivity contribution in [2.75, 3.05) is 0 Å². The smallest absolute Gasteiger partial charge is 0.238 e. The summed E-state index contributed by atoms with van der Waals surface area (Å²) >= 11 is 0. The molecule has 3 heteroatoms. The van der Waals surface area contributed by atoms with Crippen LogP contribution in [0.3, 0.4) is 0 Å². The number of fused-ring (bicyclic) bond motifs is 1. The van der Waals surface area contributed by atoms with Crippen molar-refractivity contribution in [2.24, 2.45) is 5.92 Å². The molecule has 0 radical (unpaired) electrons. The summed E-state index contributed by atoms with van der Waals surface area (Å²) in [7, 11) is 0. The Kier molecular flexibility index (Phi) is 3.44. The van der Waals surface area contributed by atoms with Crippen LogP contribution in [0.25, 0.3) is 0 Å². The van der Waals surface area contributed by atoms with Crippen LogP contribution in [-0.4, -0.2) is 23.5 Å². The fraction of sp³-hybridized carbons (Fsp3) is 0.786. The van der Waals surface area contributed by atoms with Gasteiger partial charge in [-0.15, -0.1) is 6.42 Å². The fourth-order valence-electron chi connectivity index (χ4n) is 2.95. The van der Waals surface area contributed by atoms with Crippen LogP contribution in [0.1, 0.15) is 46.0 Å². The van der Waals surface area contributed by atoms with Crippen molar-refractivity contribution >= 4 is 5.91 Å². The van der Waals surface area contributed by atoms with Gasteiger partial charge in [-0.3, -0.25) is 4.79 Å². The van der Waals surface area contributed by atoms with E-state index in [2.05, 4.69) is 16.6 Å². The van der Waals surface area contributed by atoms with E-state index < -0.39 is 5.54 Å². The fourth-order valence-corrected chi connectivity index (χ4v) is 2.95. The van der Waals surface area contributed by atoms with Crippen molar-refractivity contribution in [3.63, 3.8) is 0 Å². The van der Waals surface area contributed by atoms with Crippen molar-refractivity contribution in [3.8, 4) is 12.3 Å². The van der Waals surface area contributed by atoms with Crippen LogP contribution in [0.15, 0.2) is 0 Å². The zero-order valence-corrected chi connectivity index (χ0v) is 10.8. The second-order valence-electron chi connectivity index (χ2n) is 5.86. The van der Waals surface area contributed by atoms with Gasteiger partial charge in [-0.05, 0) is 39.0 Å². The standard InChI is InChI=1S/C14H22N2O/c1-4-14(2,3)16-13(17)12-9-10-7-5-6-8-11(10)15-12/h1,10-12,15H,5-9H2,2-3H3,(H,16,17). The average molecular weight is 234 g/mol. The topological polar surface area (TPSA) is 41.1 Å². The van der Waals surface area contributed by atoms with E-state index in [1.807, 2.05) is 13.8 Å². The van der Waals surface area contributed by atoms with Crippen LogP contribution < -0.4 is 10.6 Å². The molecule has 1 saturated heterocycles. The van der Waals surface area contributed by atoms with E-state index in [0.29, 0.717) is 12.0 Å². The molecule has 1 heterocycles. The Morgan fingerprint density at radius 3 is 2.76 bits per heavy atom. The lowest BCUT2D eigenvalue weighted by molar-refractivity contribution is -0.123. The van der Waals surface area contributed by atoms with Gasteiger partial charge in [0.25, 0.3) is 0 Å². The van der Waals surface area contributed by atoms with Crippen molar-refractivity contribution in [1.29, 1.82) is 0 Å². The normalized spacial score (nSPS) is 32.6. The summed E-state index contributed by atoms with van der Waals surface area (Å²) in [6, 6.07) is 0.504. The van der Waals surface area contributed by atoms with Gasteiger partial charge >= 0.3 is 0 Å². The molecule has 94 valence electrons. The molecule has 1 saturated carbocycles. The molecule has 0 bridgehead atoms. The molecule has 3 atom stereocenters. The molecule has 0 aromatic heterocycles. The van der Waals surface area contributed by atoms with E-state index in [9.17, 15) is 4.79 Å². The lowest BCUT2D eigenvalue weighted by Gasteiger charge is -2.24. The Hall–Kier alpha value is -1.01. The van der Waals surface area contributed by atoms with Crippen LogP contribution in [0.4, 0.5) is 0 Å². The molecule has 3 unspecified atom stereocenters. The summed E-state index contributed by atoms with van der Waals surface area (Å²) in [6.45, 7) is 3.71. The summed E-state index contributed by atoms with van der Waals surface area (Å²) in [5.41, 5.74) is -0.549. The van der Waals surface area contributed by atoms with Crippen molar-refractivity contribution < 1.29 is 4.79 Å². The maximum Gasteiger partial charge on any atom is 0.238 e. The number of carbonyl (C=O) groups is 1. The molecule has 17 heavy (non-hydrogen) atoms. The number of carbonyl (C=O) groups excluding carboxylic acids is 1. The predicted octanol–water partition coefficient (Wildman–Crippen LogP) is 1.44. The first-order valence-electron chi connectivity index (χ1n) is 6.58. The Labute approximate surface area is 104 Å². The van der Waals surface area contributed by atoms with Gasteiger partial charge in [0.15, 0.2) is 0 Å². The number of rotatable bonds is 2. The van der Waals surface area contributed by atoms with Gasteiger partial charge in [-0.2, -0.15) is 0 Å². The largest absolute Gasteiger partial charge is 0.339 e. The average Bonchev–Trinajstić information content (AvgIpc) is 2.72. The first-order valence-corrected chi connectivity index (χ1v) is 6.58. The van der Waals surface area contributed by atoms with E-state index in [-0.39, 0.29) is 11.9 Å². The van der Waals surface area contributed by atoms with Gasteiger partial charge in [0, 0.05) is 6.04 Å². The molecule has 2 fully saturated rings. The van der Waals surface area contributed by atoms with E-state index in [1.165, 1.54) is 25.7 Å². The summed E-state index contributed by atoms with van der Waals surface area (Å²) < 4.78 is 0. The minimum atomic E-state index is -0.549. The molecule has 2 aliphatic rings. The molecule has 0 aromatic rings. The first kappa shape index (κ1) is 12.4. The van der Waals surface area contributed by atoms with Gasteiger partial charge in [0.1, 0.15) is 0 Å². The van der Waals surface area contributed by atoms with Crippen LogP contribution in [0, 0.1) is 18.3 Å². The molecule has 2 rings (SSSR count). The Bertz CT molecular complexity index is 329. The lowest BCUT2D eigenvalue weighted by atomic mass is 9.85. The van der Waals surface area contributed by atoms with E-state index >= 15 is 0 Å². The Morgan fingerprint density at radius 2 is 2.12 bits per heavy atom. The molecule has 3 nitrogen and oxygen atoms in total. The van der Waals surface area contributed by atoms with E-state index in [0.717, 1.165) is 6.42 Å². The highest BCUT2D eigenvalue weighted by molar-refractivity contribution is 5.83. The van der Waals surface area contributed by atoms with Crippen LogP contribution in [-0.2, 0) is 4.79 Å². The highest BCUT2D eigenvalue weighted by atomic mass is 16.2. The molecule has 0 aromatic carbocycles. The highest BCUT2D eigenvalue weighted by Crippen LogP contribution is 2.33. The van der Waals surface area contributed by atoms with Crippen LogP contribution in [0.2, 0.25) is 0 Å². The summed E-state index contributed by atoms with van der Waals surface area (Å²) in [5.74, 6) is 3.34. The third-order valence-corrected chi connectivity index (χ3v) is 3.98. The van der Waals surface area contributed by atoms with Gasteiger partial charge in [0.05, 0.1) is 11.6 Å². The predicted molar refractivity (Wildman–Crippen MR) is 68.3 cm³/mol. The molecule has 2 N–H and O–H groups in total. The number of amides is 1. The van der Waals surface area contributed by atoms with Crippen molar-refractivity contribution in [2.45, 2.75) is 63.6 Å². The maximum absolute atomic E-state index is 12.1. The molecule has 0 spiro atoms. The van der Waals surface area contributed by atoms with Crippen LogP contribution in [0.5, 0.6) is 0 Å². The zero-order chi connectivity index (χ0) is 12.5. The number of nitrogens with one attached hydrogen (secondary N) is 2. The first-order chi connectivity index (χ1) is 8.02. The second-order valence-corrected chi connectivity index (χ2v) is 5.86. The van der Waals surface area contributed by atoms with Gasteiger partial charge in [-0.25, -0.2) is 0 Å². The summed E-state index contributed by atoms with van der Waals surface area (Å²) in [5, 5.41) is 6.38. The van der Waals surface area contributed by atoms with Gasteiger partial charge < -0.3 is 10.6 Å². The third kappa shape index (κ3) is 2.81. The molecule has 1 aliphatic heterocycles. The molecule has 1 amide bonds. The Balaban J connectivity index is 1.92. The maximum atomic E-state index is 12.1. The highest BCUT2D eigenvalue weighted by Gasteiger charge is 2.38. The van der Waals surface area contributed by atoms with Gasteiger partial charge in [-0.1, -0.05) is 18.8 Å². The summed E-state index contributed by atoms with van der Waals surface area (Å²) in [4.78, 5) is 12.1. The molecular weight excluding hydrogens is 212 g/mol. The molecular formula is C14H22N2O. The zero-order valence-electron chi connectivity index (χ0n) is 10.8. The summed E-state index contributed by atoms with van der Waals surface area (Å²) in [6.07, 6.45) is 11.4. The Morgan fingerprint density at radius 1 is 1.41 bits per heavy atom. The lowest BCUT2D eigenvalue weighted by Crippen LogP contribution is -2.50. The monoisotopic (exact) mass is 234 g/mol. The quantitative estimate of drug-likeness (QED) is 0.710. The van der Waals surface area contributed by atoms with Crippen LogP contribution >= 0.6 is 0 Å². The van der Waals surface area contributed by atoms with Gasteiger partial charge in [0.2, 0.25) is 5.91 Å². The van der Waals surface area contributed by atoms with Crippen molar-refractivity contribution in [1.82, 2.24) is 10.6 Å². The number of hydrogen-bond donors (Lipinski definition) is 2. The van der Waals surface area contributed by atoms with E-state index in [1.54, 1.807) is 0 Å². The third-order valence-electron chi connectivity index (χ3n) is 3.98. The number of hydrogen-bond acceptors (Lipinski definition) is 2. The number of terminal acetylenes is 1. The van der Waals surface area contributed by atoms with E-state index in [4.69, 9.17) is 6.42 Å². The minimum absolute atomic E-state index is 0.0456.